The molecule has 1 fully saturated rings. The monoisotopic (exact) mass is 316 g/mol. The van der Waals surface area contributed by atoms with E-state index in [-0.39, 0.29) is 30.3 Å². The van der Waals surface area contributed by atoms with E-state index >= 15 is 0 Å². The minimum atomic E-state index is -0.0909. The molecule has 2 atom stereocenters. The Labute approximate surface area is 131 Å². The van der Waals surface area contributed by atoms with Crippen LogP contribution in [-0.2, 0) is 11.2 Å². The van der Waals surface area contributed by atoms with Gasteiger partial charge in [0, 0.05) is 30.1 Å². The van der Waals surface area contributed by atoms with E-state index in [4.69, 9.17) is 17.3 Å². The average Bonchev–Trinajstić information content (AvgIpc) is 2.87. The molecular weight excluding hydrogens is 295 g/mol. The Bertz CT molecular complexity index is 453. The molecular formula is C15H22Cl2N2O. The van der Waals surface area contributed by atoms with Gasteiger partial charge >= 0.3 is 0 Å². The summed E-state index contributed by atoms with van der Waals surface area (Å²) >= 11 is 6.20. The van der Waals surface area contributed by atoms with Gasteiger partial charge in [0.05, 0.1) is 0 Å². The summed E-state index contributed by atoms with van der Waals surface area (Å²) in [5.74, 6) is 0.0869. The second-order valence-corrected chi connectivity index (χ2v) is 5.67. The van der Waals surface area contributed by atoms with E-state index in [9.17, 15) is 4.79 Å². The molecule has 0 aliphatic carbocycles. The molecule has 1 heterocycles. The standard InChI is InChI=1S/C15H21ClN2O.ClH/c1-11(10-17)15(19)18-8-4-6-13(18)9-12-5-2-3-7-14(12)16;/h2-3,5,7,11,13H,4,6,8-10,17H2,1H3;1H. The molecule has 0 radical (unpaired) electrons. The fraction of sp³-hybridized carbons (Fsp3) is 0.533. The quantitative estimate of drug-likeness (QED) is 0.928. The Hall–Kier alpha value is -0.770. The number of rotatable bonds is 4. The van der Waals surface area contributed by atoms with Crippen molar-refractivity contribution < 1.29 is 4.79 Å². The highest BCUT2D eigenvalue weighted by atomic mass is 35.5. The molecule has 20 heavy (non-hydrogen) atoms. The van der Waals surface area contributed by atoms with Crippen molar-refractivity contribution in [1.29, 1.82) is 0 Å². The molecule has 2 N–H and O–H groups in total. The molecule has 1 amide bonds. The van der Waals surface area contributed by atoms with Crippen LogP contribution in [0.25, 0.3) is 0 Å². The van der Waals surface area contributed by atoms with E-state index < -0.39 is 0 Å². The van der Waals surface area contributed by atoms with Crippen molar-refractivity contribution in [3.05, 3.63) is 34.9 Å². The molecule has 1 aliphatic rings. The Kier molecular flexibility index (Phi) is 6.80. The number of nitrogens with two attached hydrogens (primary N) is 1. The molecule has 1 aromatic rings. The number of likely N-dealkylation sites (tertiary alicyclic amines) is 1. The van der Waals surface area contributed by atoms with Gasteiger partial charge in [-0.3, -0.25) is 4.79 Å². The van der Waals surface area contributed by atoms with E-state index in [2.05, 4.69) is 0 Å². The van der Waals surface area contributed by atoms with Gasteiger partial charge in [0.1, 0.15) is 0 Å². The van der Waals surface area contributed by atoms with E-state index in [1.807, 2.05) is 36.1 Å². The smallest absolute Gasteiger partial charge is 0.226 e. The Morgan fingerprint density at radius 3 is 2.85 bits per heavy atom. The van der Waals surface area contributed by atoms with Crippen LogP contribution in [0.5, 0.6) is 0 Å². The van der Waals surface area contributed by atoms with E-state index in [0.717, 1.165) is 36.4 Å². The van der Waals surface area contributed by atoms with Gasteiger partial charge in [0.25, 0.3) is 0 Å². The first kappa shape index (κ1) is 17.3. The maximum absolute atomic E-state index is 12.3. The first-order chi connectivity index (χ1) is 9.13. The molecule has 5 heteroatoms. The van der Waals surface area contributed by atoms with Crippen molar-refractivity contribution in [2.75, 3.05) is 13.1 Å². The Morgan fingerprint density at radius 2 is 2.20 bits per heavy atom. The molecule has 2 rings (SSSR count). The third kappa shape index (κ3) is 3.87. The average molecular weight is 317 g/mol. The molecule has 0 saturated carbocycles. The van der Waals surface area contributed by atoms with Crippen LogP contribution in [0, 0.1) is 5.92 Å². The summed E-state index contributed by atoms with van der Waals surface area (Å²) in [7, 11) is 0. The largest absolute Gasteiger partial charge is 0.339 e. The number of carbonyl (C=O) groups excluding carboxylic acids is 1. The van der Waals surface area contributed by atoms with Gasteiger partial charge in [-0.25, -0.2) is 0 Å². The number of hydrogen-bond donors (Lipinski definition) is 1. The summed E-state index contributed by atoms with van der Waals surface area (Å²) in [5.41, 5.74) is 6.71. The van der Waals surface area contributed by atoms with Crippen LogP contribution in [0.2, 0.25) is 5.02 Å². The lowest BCUT2D eigenvalue weighted by Gasteiger charge is -2.27. The summed E-state index contributed by atoms with van der Waals surface area (Å²) in [4.78, 5) is 14.3. The van der Waals surface area contributed by atoms with Crippen molar-refractivity contribution in [2.24, 2.45) is 11.7 Å². The van der Waals surface area contributed by atoms with Crippen LogP contribution in [0.3, 0.4) is 0 Å². The van der Waals surface area contributed by atoms with Crippen molar-refractivity contribution in [1.82, 2.24) is 4.90 Å². The SMILES string of the molecule is CC(CN)C(=O)N1CCCC1Cc1ccccc1Cl.Cl. The zero-order valence-corrected chi connectivity index (χ0v) is 13.3. The molecule has 1 aliphatic heterocycles. The minimum absolute atomic E-state index is 0. The van der Waals surface area contributed by atoms with Gasteiger partial charge in [0.2, 0.25) is 5.91 Å². The first-order valence-electron chi connectivity index (χ1n) is 6.87. The summed E-state index contributed by atoms with van der Waals surface area (Å²) < 4.78 is 0. The van der Waals surface area contributed by atoms with Gasteiger partial charge in [-0.05, 0) is 30.9 Å². The van der Waals surface area contributed by atoms with Crippen molar-refractivity contribution in [3.8, 4) is 0 Å². The second-order valence-electron chi connectivity index (χ2n) is 5.26. The highest BCUT2D eigenvalue weighted by Gasteiger charge is 2.31. The molecule has 0 bridgehead atoms. The number of benzene rings is 1. The third-order valence-electron chi connectivity index (χ3n) is 3.85. The number of carbonyl (C=O) groups is 1. The molecule has 1 aromatic carbocycles. The maximum Gasteiger partial charge on any atom is 0.226 e. The minimum Gasteiger partial charge on any atom is -0.339 e. The van der Waals surface area contributed by atoms with Crippen molar-refractivity contribution in [3.63, 3.8) is 0 Å². The van der Waals surface area contributed by atoms with E-state index in [0.29, 0.717) is 6.54 Å². The zero-order chi connectivity index (χ0) is 13.8. The Balaban J connectivity index is 0.00000200. The number of amides is 1. The topological polar surface area (TPSA) is 46.3 Å². The zero-order valence-electron chi connectivity index (χ0n) is 11.7. The molecule has 3 nitrogen and oxygen atoms in total. The molecule has 0 spiro atoms. The highest BCUT2D eigenvalue weighted by molar-refractivity contribution is 6.31. The lowest BCUT2D eigenvalue weighted by atomic mass is 10.0. The number of nitrogens with zero attached hydrogens (tertiary/aromatic N) is 1. The third-order valence-corrected chi connectivity index (χ3v) is 4.22. The van der Waals surface area contributed by atoms with Crippen LogP contribution in [-0.4, -0.2) is 29.9 Å². The van der Waals surface area contributed by atoms with Crippen LogP contribution >= 0.6 is 24.0 Å². The lowest BCUT2D eigenvalue weighted by Crippen LogP contribution is -2.41. The summed E-state index contributed by atoms with van der Waals surface area (Å²) in [6.07, 6.45) is 2.95. The van der Waals surface area contributed by atoms with Gasteiger partial charge < -0.3 is 10.6 Å². The van der Waals surface area contributed by atoms with Crippen LogP contribution in [0.4, 0.5) is 0 Å². The van der Waals surface area contributed by atoms with Crippen molar-refractivity contribution >= 4 is 29.9 Å². The van der Waals surface area contributed by atoms with E-state index in [1.54, 1.807) is 0 Å². The van der Waals surface area contributed by atoms with Gasteiger partial charge in [-0.1, -0.05) is 36.7 Å². The van der Waals surface area contributed by atoms with Crippen molar-refractivity contribution in [2.45, 2.75) is 32.2 Å². The normalized spacial score (nSPS) is 19.6. The van der Waals surface area contributed by atoms with Crippen LogP contribution in [0.15, 0.2) is 24.3 Å². The summed E-state index contributed by atoms with van der Waals surface area (Å²) in [5, 5.41) is 0.786. The predicted octanol–water partition coefficient (Wildman–Crippen LogP) is 2.89. The predicted molar refractivity (Wildman–Crippen MR) is 85.4 cm³/mol. The maximum atomic E-state index is 12.3. The lowest BCUT2D eigenvalue weighted by molar-refractivity contribution is -0.135. The summed E-state index contributed by atoms with van der Waals surface area (Å²) in [6, 6.07) is 8.13. The summed E-state index contributed by atoms with van der Waals surface area (Å²) in [6.45, 7) is 3.15. The van der Waals surface area contributed by atoms with Gasteiger partial charge in [-0.2, -0.15) is 0 Å². The second kappa shape index (κ2) is 7.87. The van der Waals surface area contributed by atoms with Crippen LogP contribution < -0.4 is 5.73 Å². The first-order valence-corrected chi connectivity index (χ1v) is 7.25. The fourth-order valence-corrected chi connectivity index (χ4v) is 2.85. The number of halogens is 2. The van der Waals surface area contributed by atoms with E-state index in [1.165, 1.54) is 0 Å². The molecule has 0 aromatic heterocycles. The highest BCUT2D eigenvalue weighted by Crippen LogP contribution is 2.25. The molecule has 1 saturated heterocycles. The fourth-order valence-electron chi connectivity index (χ4n) is 2.64. The Morgan fingerprint density at radius 1 is 1.50 bits per heavy atom. The van der Waals surface area contributed by atoms with Gasteiger partial charge in [0.15, 0.2) is 0 Å². The van der Waals surface area contributed by atoms with Crippen LogP contribution in [0.1, 0.15) is 25.3 Å². The molecule has 112 valence electrons. The number of hydrogen-bond acceptors (Lipinski definition) is 2. The molecule has 2 unspecified atom stereocenters. The van der Waals surface area contributed by atoms with Gasteiger partial charge in [-0.15, -0.1) is 12.4 Å².